The summed E-state index contributed by atoms with van der Waals surface area (Å²) in [6.07, 6.45) is 1.04. The van der Waals surface area contributed by atoms with Crippen molar-refractivity contribution in [2.75, 3.05) is 18.5 Å². The first kappa shape index (κ1) is 12.5. The number of hydrogen-bond acceptors (Lipinski definition) is 2. The van der Waals surface area contributed by atoms with Crippen molar-refractivity contribution in [3.05, 3.63) is 60.2 Å². The van der Waals surface area contributed by atoms with E-state index in [-0.39, 0.29) is 0 Å². The van der Waals surface area contributed by atoms with Crippen molar-refractivity contribution in [2.24, 2.45) is 0 Å². The van der Waals surface area contributed by atoms with Crippen LogP contribution >= 0.6 is 0 Å². The Morgan fingerprint density at radius 1 is 1.00 bits per heavy atom. The van der Waals surface area contributed by atoms with E-state index in [1.807, 2.05) is 30.3 Å². The molecule has 0 amide bonds. The quantitative estimate of drug-likeness (QED) is 0.778. The van der Waals surface area contributed by atoms with Gasteiger partial charge in [0.15, 0.2) is 0 Å². The van der Waals surface area contributed by atoms with E-state index in [1.54, 1.807) is 0 Å². The first-order chi connectivity index (χ1) is 8.88. The molecule has 0 aliphatic carbocycles. The molecule has 0 bridgehead atoms. The van der Waals surface area contributed by atoms with Crippen molar-refractivity contribution in [1.82, 2.24) is 0 Å². The molecule has 0 saturated heterocycles. The molecular formula is C16H19NO. The second-order valence-electron chi connectivity index (χ2n) is 4.14. The second kappa shape index (κ2) is 6.70. The third kappa shape index (κ3) is 3.81. The first-order valence-electron chi connectivity index (χ1n) is 6.39. The number of hydrogen-bond donors (Lipinski definition) is 1. The van der Waals surface area contributed by atoms with E-state index in [1.165, 1.54) is 5.56 Å². The molecule has 2 nitrogen and oxygen atoms in total. The Kier molecular flexibility index (Phi) is 4.65. The minimum atomic E-state index is 0.669. The van der Waals surface area contributed by atoms with Crippen molar-refractivity contribution < 1.29 is 4.74 Å². The second-order valence-corrected chi connectivity index (χ2v) is 4.14. The lowest BCUT2D eigenvalue weighted by Crippen LogP contribution is -2.11. The van der Waals surface area contributed by atoms with Gasteiger partial charge in [-0.2, -0.15) is 0 Å². The minimum Gasteiger partial charge on any atom is -0.492 e. The van der Waals surface area contributed by atoms with Crippen LogP contribution in [0.1, 0.15) is 12.5 Å². The van der Waals surface area contributed by atoms with Gasteiger partial charge in [0.05, 0.1) is 0 Å². The highest BCUT2D eigenvalue weighted by Crippen LogP contribution is 2.13. The van der Waals surface area contributed by atoms with E-state index in [9.17, 15) is 0 Å². The maximum atomic E-state index is 5.71. The molecule has 0 radical (unpaired) electrons. The largest absolute Gasteiger partial charge is 0.492 e. The number of nitrogens with one attached hydrogen (secondary N) is 1. The van der Waals surface area contributed by atoms with Crippen molar-refractivity contribution >= 4 is 5.69 Å². The predicted octanol–water partition coefficient (Wildman–Crippen LogP) is 3.74. The number of anilines is 1. The van der Waals surface area contributed by atoms with E-state index >= 15 is 0 Å². The van der Waals surface area contributed by atoms with E-state index in [2.05, 4.69) is 36.5 Å². The Hall–Kier alpha value is -1.96. The molecule has 2 aromatic rings. The summed E-state index contributed by atoms with van der Waals surface area (Å²) in [5.41, 5.74) is 2.44. The molecule has 2 rings (SSSR count). The van der Waals surface area contributed by atoms with Crippen LogP contribution in [-0.4, -0.2) is 13.2 Å². The molecular weight excluding hydrogens is 222 g/mol. The molecule has 0 heterocycles. The summed E-state index contributed by atoms with van der Waals surface area (Å²) >= 11 is 0. The van der Waals surface area contributed by atoms with Gasteiger partial charge in [-0.25, -0.2) is 0 Å². The average molecular weight is 241 g/mol. The molecule has 18 heavy (non-hydrogen) atoms. The molecule has 94 valence electrons. The van der Waals surface area contributed by atoms with Crippen LogP contribution in [0, 0.1) is 0 Å². The van der Waals surface area contributed by atoms with Crippen LogP contribution in [0.25, 0.3) is 0 Å². The van der Waals surface area contributed by atoms with Gasteiger partial charge in [0, 0.05) is 12.2 Å². The SMILES string of the molecule is CCc1cccc(OCCNc2ccccc2)c1. The molecule has 2 heteroatoms. The highest BCUT2D eigenvalue weighted by molar-refractivity contribution is 5.42. The summed E-state index contributed by atoms with van der Waals surface area (Å²) in [5, 5.41) is 3.32. The van der Waals surface area contributed by atoms with Gasteiger partial charge in [-0.15, -0.1) is 0 Å². The number of aryl methyl sites for hydroxylation is 1. The van der Waals surface area contributed by atoms with Gasteiger partial charge in [0.25, 0.3) is 0 Å². The van der Waals surface area contributed by atoms with Gasteiger partial charge < -0.3 is 10.1 Å². The van der Waals surface area contributed by atoms with E-state index in [4.69, 9.17) is 4.74 Å². The molecule has 0 aliphatic heterocycles. The molecule has 0 unspecified atom stereocenters. The Morgan fingerprint density at radius 3 is 2.61 bits per heavy atom. The highest BCUT2D eigenvalue weighted by Gasteiger charge is 1.95. The van der Waals surface area contributed by atoms with Gasteiger partial charge in [-0.1, -0.05) is 37.3 Å². The van der Waals surface area contributed by atoms with Crippen LogP contribution in [-0.2, 0) is 6.42 Å². The standard InChI is InChI=1S/C16H19NO/c1-2-14-7-6-10-16(13-14)18-12-11-17-15-8-4-3-5-9-15/h3-10,13,17H,2,11-12H2,1H3. The zero-order valence-electron chi connectivity index (χ0n) is 10.7. The first-order valence-corrected chi connectivity index (χ1v) is 6.39. The summed E-state index contributed by atoms with van der Waals surface area (Å²) in [5.74, 6) is 0.948. The summed E-state index contributed by atoms with van der Waals surface area (Å²) in [4.78, 5) is 0. The number of benzene rings is 2. The van der Waals surface area contributed by atoms with Gasteiger partial charge in [0.2, 0.25) is 0 Å². The van der Waals surface area contributed by atoms with Gasteiger partial charge in [-0.05, 0) is 36.2 Å². The Balaban J connectivity index is 1.75. The molecule has 1 N–H and O–H groups in total. The van der Waals surface area contributed by atoms with Crippen molar-refractivity contribution in [1.29, 1.82) is 0 Å². The third-order valence-corrected chi connectivity index (χ3v) is 2.78. The smallest absolute Gasteiger partial charge is 0.119 e. The van der Waals surface area contributed by atoms with E-state index < -0.39 is 0 Å². The Morgan fingerprint density at radius 2 is 1.83 bits per heavy atom. The van der Waals surface area contributed by atoms with E-state index in [0.29, 0.717) is 6.61 Å². The van der Waals surface area contributed by atoms with Gasteiger partial charge in [0.1, 0.15) is 12.4 Å². The van der Waals surface area contributed by atoms with Crippen LogP contribution in [0.3, 0.4) is 0 Å². The van der Waals surface area contributed by atoms with Crippen LogP contribution < -0.4 is 10.1 Å². The lowest BCUT2D eigenvalue weighted by molar-refractivity contribution is 0.332. The monoisotopic (exact) mass is 241 g/mol. The minimum absolute atomic E-state index is 0.669. The molecule has 2 aromatic carbocycles. The molecule has 0 saturated carbocycles. The van der Waals surface area contributed by atoms with Gasteiger partial charge >= 0.3 is 0 Å². The summed E-state index contributed by atoms with van der Waals surface area (Å²) in [6.45, 7) is 3.62. The van der Waals surface area contributed by atoms with Crippen LogP contribution in [0.15, 0.2) is 54.6 Å². The van der Waals surface area contributed by atoms with Crippen LogP contribution in [0.2, 0.25) is 0 Å². The summed E-state index contributed by atoms with van der Waals surface area (Å²) < 4.78 is 5.71. The summed E-state index contributed by atoms with van der Waals surface area (Å²) in [6, 6.07) is 18.4. The highest BCUT2D eigenvalue weighted by atomic mass is 16.5. The lowest BCUT2D eigenvalue weighted by atomic mass is 10.2. The van der Waals surface area contributed by atoms with Crippen LogP contribution in [0.4, 0.5) is 5.69 Å². The molecule has 0 aromatic heterocycles. The molecule has 0 aliphatic rings. The molecule has 0 fully saturated rings. The Bertz CT molecular complexity index is 468. The fourth-order valence-corrected chi connectivity index (χ4v) is 1.78. The summed E-state index contributed by atoms with van der Waals surface area (Å²) in [7, 11) is 0. The zero-order chi connectivity index (χ0) is 12.6. The predicted molar refractivity (Wildman–Crippen MR) is 76.2 cm³/mol. The maximum Gasteiger partial charge on any atom is 0.119 e. The third-order valence-electron chi connectivity index (χ3n) is 2.78. The number of para-hydroxylation sites is 1. The van der Waals surface area contributed by atoms with Gasteiger partial charge in [-0.3, -0.25) is 0 Å². The zero-order valence-corrected chi connectivity index (χ0v) is 10.7. The fourth-order valence-electron chi connectivity index (χ4n) is 1.78. The maximum absolute atomic E-state index is 5.71. The van der Waals surface area contributed by atoms with Crippen molar-refractivity contribution in [2.45, 2.75) is 13.3 Å². The molecule has 0 spiro atoms. The van der Waals surface area contributed by atoms with Crippen LogP contribution in [0.5, 0.6) is 5.75 Å². The number of ether oxygens (including phenoxy) is 1. The lowest BCUT2D eigenvalue weighted by Gasteiger charge is -2.09. The Labute approximate surface area is 109 Å². The van der Waals surface area contributed by atoms with Crippen molar-refractivity contribution in [3.8, 4) is 5.75 Å². The fraction of sp³-hybridized carbons (Fsp3) is 0.250. The topological polar surface area (TPSA) is 21.3 Å². The van der Waals surface area contributed by atoms with E-state index in [0.717, 1.165) is 24.4 Å². The molecule has 0 atom stereocenters. The average Bonchev–Trinajstić information content (AvgIpc) is 2.45. The van der Waals surface area contributed by atoms with Crippen molar-refractivity contribution in [3.63, 3.8) is 0 Å². The number of rotatable bonds is 6. The normalized spacial score (nSPS) is 10.1.